The van der Waals surface area contributed by atoms with Crippen molar-refractivity contribution in [3.05, 3.63) is 107 Å². The third-order valence-electron chi connectivity index (χ3n) is 5.53. The Hall–Kier alpha value is -3.58. The highest BCUT2D eigenvalue weighted by Gasteiger charge is 2.14. The van der Waals surface area contributed by atoms with Gasteiger partial charge in [-0.3, -0.25) is 0 Å². The molecule has 4 aromatic carbocycles. The van der Waals surface area contributed by atoms with E-state index < -0.39 is 30.2 Å². The molecule has 8 nitrogen and oxygen atoms in total. The molecule has 0 spiro atoms. The van der Waals surface area contributed by atoms with E-state index in [-0.39, 0.29) is 21.4 Å². The molecule has 0 aliphatic carbocycles. The van der Waals surface area contributed by atoms with Gasteiger partial charge in [-0.05, 0) is 73.2 Å². The maximum absolute atomic E-state index is 13.2. The van der Waals surface area contributed by atoms with Gasteiger partial charge in [-0.2, -0.15) is 21.9 Å². The maximum Gasteiger partial charge on any atom is 0.332 e. The average molecular weight is 642 g/mol. The number of nitrogen functional groups attached to an aromatic ring is 1. The summed E-state index contributed by atoms with van der Waals surface area (Å²) >= 11 is 11.5. The largest absolute Gasteiger partial charge is 0.397 e. The highest BCUT2D eigenvalue weighted by molar-refractivity contribution is 7.86. The van der Waals surface area contributed by atoms with Gasteiger partial charge in [-0.15, -0.1) is 12.9 Å². The number of benzene rings is 4. The fourth-order valence-electron chi connectivity index (χ4n) is 3.43. The summed E-state index contributed by atoms with van der Waals surface area (Å²) in [6.07, 6.45) is 0. The zero-order valence-corrected chi connectivity index (χ0v) is 24.6. The third-order valence-corrected chi connectivity index (χ3v) is 7.83. The first-order valence-corrected chi connectivity index (χ1v) is 15.3. The van der Waals surface area contributed by atoms with E-state index in [2.05, 4.69) is 34.2 Å². The Labute approximate surface area is 247 Å². The quantitative estimate of drug-likeness (QED) is 0.118. The van der Waals surface area contributed by atoms with Gasteiger partial charge in [0.1, 0.15) is 15.5 Å². The lowest BCUT2D eigenvalue weighted by Crippen LogP contribution is -2.21. The van der Waals surface area contributed by atoms with Crippen molar-refractivity contribution in [1.82, 2.24) is 0 Å². The lowest BCUT2D eigenvalue weighted by atomic mass is 10.2. The van der Waals surface area contributed by atoms with E-state index in [0.29, 0.717) is 5.69 Å². The molecule has 41 heavy (non-hydrogen) atoms. The minimum Gasteiger partial charge on any atom is -0.397 e. The maximum atomic E-state index is 13.2. The number of halogens is 4. The number of rotatable bonds is 8. The first kappa shape index (κ1) is 31.9. The van der Waals surface area contributed by atoms with Crippen molar-refractivity contribution >= 4 is 66.4 Å². The minimum atomic E-state index is -4.83. The molecule has 0 radical (unpaired) electrons. The molecule has 0 fully saturated rings. The van der Waals surface area contributed by atoms with Crippen LogP contribution in [0, 0.1) is 0 Å². The lowest BCUT2D eigenvalue weighted by Gasteiger charge is -2.23. The fourth-order valence-corrected chi connectivity index (χ4v) is 4.68. The van der Waals surface area contributed by atoms with Gasteiger partial charge >= 0.3 is 20.4 Å². The zero-order valence-electron chi connectivity index (χ0n) is 21.5. The topological polar surface area (TPSA) is 122 Å². The van der Waals surface area contributed by atoms with Crippen molar-refractivity contribution in [1.29, 1.82) is 0 Å². The summed E-state index contributed by atoms with van der Waals surface area (Å²) in [5, 5.41) is 8.41. The van der Waals surface area contributed by atoms with Crippen molar-refractivity contribution in [2.45, 2.75) is 23.3 Å². The Morgan fingerprint density at radius 2 is 1.32 bits per heavy atom. The van der Waals surface area contributed by atoms with E-state index in [1.807, 2.05) is 30.3 Å². The number of nitrogens with zero attached hydrogens (tertiary/aromatic N) is 3. The highest BCUT2D eigenvalue weighted by atomic mass is 35.5. The molecule has 0 saturated heterocycles. The molecule has 0 aliphatic heterocycles. The van der Waals surface area contributed by atoms with Gasteiger partial charge < -0.3 is 10.6 Å². The van der Waals surface area contributed by atoms with Crippen molar-refractivity contribution in [3.8, 4) is 0 Å². The Morgan fingerprint density at radius 1 is 0.756 bits per heavy atom. The first-order valence-electron chi connectivity index (χ1n) is 11.8. The van der Waals surface area contributed by atoms with E-state index in [0.717, 1.165) is 43.0 Å². The Bertz CT molecular complexity index is 1740. The predicted octanol–water partition coefficient (Wildman–Crippen LogP) is 8.02. The van der Waals surface area contributed by atoms with Crippen LogP contribution in [-0.2, 0) is 27.0 Å². The van der Waals surface area contributed by atoms with Gasteiger partial charge in [-0.1, -0.05) is 53.5 Å². The number of hydrogen-bond donors (Lipinski definition) is 1. The standard InChI is InChI=1S/C21H19ClFN3O2S.C6H5ClFNO2S/c1-2-26(15-16-6-4-3-5-7-16)18-10-8-17(9-11-18)24-25-21-14-19(29(23,27)28)12-13-20(21)22;7-5-2-1-4(3-6(5)9)12(8,10)11/h3-14H,2,15H2,1H3;1-3H,9H2. The number of anilines is 2. The second-order valence-corrected chi connectivity index (χ2v) is 11.9. The molecule has 4 aromatic rings. The molecule has 216 valence electrons. The van der Waals surface area contributed by atoms with E-state index >= 15 is 0 Å². The molecule has 0 saturated carbocycles. The average Bonchev–Trinajstić information content (AvgIpc) is 2.93. The second kappa shape index (κ2) is 13.9. The minimum absolute atomic E-state index is 0.0374. The summed E-state index contributed by atoms with van der Waals surface area (Å²) in [5.74, 6) is 0. The summed E-state index contributed by atoms with van der Waals surface area (Å²) in [6, 6.07) is 24.3. The van der Waals surface area contributed by atoms with Crippen LogP contribution in [-0.4, -0.2) is 23.4 Å². The predicted molar refractivity (Wildman–Crippen MR) is 158 cm³/mol. The Balaban J connectivity index is 0.000000322. The fraction of sp³-hybridized carbons (Fsp3) is 0.111. The SMILES string of the molecule is CCN(Cc1ccccc1)c1ccc(N=Nc2cc(S(=O)(=O)F)ccc2Cl)cc1.Nc1cc(S(=O)(=O)F)ccc1Cl. The molecule has 4 rings (SSSR count). The van der Waals surface area contributed by atoms with Crippen LogP contribution in [0.4, 0.5) is 30.5 Å². The van der Waals surface area contributed by atoms with Crippen molar-refractivity contribution in [2.24, 2.45) is 10.2 Å². The normalized spacial score (nSPS) is 11.6. The molecule has 0 aliphatic rings. The molecule has 0 bridgehead atoms. The third kappa shape index (κ3) is 9.49. The number of azo groups is 1. The smallest absolute Gasteiger partial charge is 0.332 e. The van der Waals surface area contributed by atoms with Crippen molar-refractivity contribution in [3.63, 3.8) is 0 Å². The summed E-state index contributed by atoms with van der Waals surface area (Å²) in [6.45, 7) is 3.72. The van der Waals surface area contributed by atoms with Gasteiger partial charge in [-0.25, -0.2) is 0 Å². The molecule has 0 aromatic heterocycles. The van der Waals surface area contributed by atoms with Crippen LogP contribution in [0.15, 0.2) is 111 Å². The van der Waals surface area contributed by atoms with Gasteiger partial charge in [0.15, 0.2) is 0 Å². The molecule has 14 heteroatoms. The van der Waals surface area contributed by atoms with E-state index in [1.165, 1.54) is 17.7 Å². The monoisotopic (exact) mass is 640 g/mol. The van der Waals surface area contributed by atoms with Crippen LogP contribution in [0.5, 0.6) is 0 Å². The van der Waals surface area contributed by atoms with Crippen LogP contribution >= 0.6 is 23.2 Å². The van der Waals surface area contributed by atoms with Crippen LogP contribution < -0.4 is 10.6 Å². The van der Waals surface area contributed by atoms with Gasteiger partial charge in [0.05, 0.1) is 21.4 Å². The zero-order chi connectivity index (χ0) is 30.2. The number of nitrogens with two attached hydrogens (primary N) is 1. The van der Waals surface area contributed by atoms with E-state index in [1.54, 1.807) is 12.1 Å². The van der Waals surface area contributed by atoms with Crippen molar-refractivity contribution < 1.29 is 24.6 Å². The van der Waals surface area contributed by atoms with Crippen LogP contribution in [0.1, 0.15) is 12.5 Å². The highest BCUT2D eigenvalue weighted by Crippen LogP contribution is 2.31. The van der Waals surface area contributed by atoms with Gasteiger partial charge in [0.25, 0.3) is 0 Å². The van der Waals surface area contributed by atoms with Gasteiger partial charge in [0.2, 0.25) is 0 Å². The Kier molecular flexibility index (Phi) is 10.8. The summed E-state index contributed by atoms with van der Waals surface area (Å²) in [5.41, 5.74) is 8.19. The Morgan fingerprint density at radius 3 is 1.85 bits per heavy atom. The molecule has 2 N–H and O–H groups in total. The van der Waals surface area contributed by atoms with E-state index in [9.17, 15) is 24.6 Å². The van der Waals surface area contributed by atoms with Crippen LogP contribution in [0.2, 0.25) is 10.0 Å². The van der Waals surface area contributed by atoms with E-state index in [4.69, 9.17) is 28.9 Å². The summed E-state index contributed by atoms with van der Waals surface area (Å²) < 4.78 is 68.2. The second-order valence-electron chi connectivity index (χ2n) is 8.39. The molecular formula is C27H24Cl2F2N4O4S2. The summed E-state index contributed by atoms with van der Waals surface area (Å²) in [4.78, 5) is 1.23. The molecule has 0 heterocycles. The molecular weight excluding hydrogens is 617 g/mol. The summed E-state index contributed by atoms with van der Waals surface area (Å²) in [7, 11) is -9.52. The van der Waals surface area contributed by atoms with Crippen LogP contribution in [0.25, 0.3) is 0 Å². The van der Waals surface area contributed by atoms with Crippen molar-refractivity contribution in [2.75, 3.05) is 17.2 Å². The first-order chi connectivity index (χ1) is 19.3. The molecule has 0 amide bonds. The molecule has 0 unspecified atom stereocenters. The van der Waals surface area contributed by atoms with Gasteiger partial charge in [0, 0.05) is 18.8 Å². The van der Waals surface area contributed by atoms with Crippen LogP contribution in [0.3, 0.4) is 0 Å². The lowest BCUT2D eigenvalue weighted by molar-refractivity contribution is 0.550. The number of hydrogen-bond acceptors (Lipinski definition) is 8. The molecule has 0 atom stereocenters.